The number of ether oxygens (including phenoxy) is 1. The van der Waals surface area contributed by atoms with Gasteiger partial charge in [-0.05, 0) is 50.2 Å². The van der Waals surface area contributed by atoms with E-state index in [1.807, 2.05) is 29.2 Å². The van der Waals surface area contributed by atoms with Crippen LogP contribution in [-0.4, -0.2) is 48.8 Å². The highest BCUT2D eigenvalue weighted by Crippen LogP contribution is 2.30. The van der Waals surface area contributed by atoms with Crippen molar-refractivity contribution in [3.63, 3.8) is 0 Å². The Hall–Kier alpha value is -2.08. The Balaban J connectivity index is 1.17. The van der Waals surface area contributed by atoms with E-state index < -0.39 is 0 Å². The van der Waals surface area contributed by atoms with Gasteiger partial charge < -0.3 is 19.4 Å². The molecule has 0 unspecified atom stereocenters. The molecular weight excluding hydrogens is 330 g/mol. The summed E-state index contributed by atoms with van der Waals surface area (Å²) in [6.45, 7) is 3.78. The maximum absolute atomic E-state index is 12.3. The number of hydrogen-bond donors (Lipinski definition) is 1. The number of nitrogens with zero attached hydrogens (tertiary/aromatic N) is 2. The average molecular weight is 357 g/mol. The van der Waals surface area contributed by atoms with E-state index >= 15 is 0 Å². The van der Waals surface area contributed by atoms with Crippen LogP contribution in [0.2, 0.25) is 0 Å². The van der Waals surface area contributed by atoms with Crippen LogP contribution in [0.3, 0.4) is 0 Å². The van der Waals surface area contributed by atoms with Gasteiger partial charge in [-0.15, -0.1) is 0 Å². The molecule has 0 radical (unpaired) electrons. The number of oxazole rings is 1. The van der Waals surface area contributed by atoms with Crippen LogP contribution in [0, 0.1) is 5.92 Å². The molecule has 0 atom stereocenters. The largest absolute Gasteiger partial charge is 0.440 e. The van der Waals surface area contributed by atoms with Gasteiger partial charge >= 0.3 is 6.03 Å². The summed E-state index contributed by atoms with van der Waals surface area (Å²) >= 11 is 0. The molecular formula is C20H27N3O3. The molecule has 26 heavy (non-hydrogen) atoms. The van der Waals surface area contributed by atoms with Crippen LogP contribution < -0.4 is 5.32 Å². The summed E-state index contributed by atoms with van der Waals surface area (Å²) < 4.78 is 11.5. The predicted octanol–water partition coefficient (Wildman–Crippen LogP) is 3.53. The Morgan fingerprint density at radius 3 is 2.81 bits per heavy atom. The lowest BCUT2D eigenvalue weighted by Crippen LogP contribution is -2.44. The smallest absolute Gasteiger partial charge is 0.317 e. The first-order valence-corrected chi connectivity index (χ1v) is 9.75. The number of urea groups is 1. The summed E-state index contributed by atoms with van der Waals surface area (Å²) in [5.41, 5.74) is 1.75. The van der Waals surface area contributed by atoms with Crippen LogP contribution in [0.5, 0.6) is 0 Å². The van der Waals surface area contributed by atoms with Gasteiger partial charge in [-0.2, -0.15) is 0 Å². The van der Waals surface area contributed by atoms with Crippen LogP contribution in [0.25, 0.3) is 11.1 Å². The highest BCUT2D eigenvalue weighted by Gasteiger charge is 2.27. The summed E-state index contributed by atoms with van der Waals surface area (Å²) in [4.78, 5) is 18.8. The number of aromatic nitrogens is 1. The number of fused-ring (bicyclic) bond motifs is 1. The molecule has 2 fully saturated rings. The minimum absolute atomic E-state index is 0.0307. The van der Waals surface area contributed by atoms with Gasteiger partial charge in [0.15, 0.2) is 11.5 Å². The molecule has 2 heterocycles. The van der Waals surface area contributed by atoms with Crippen molar-refractivity contribution in [2.75, 3.05) is 32.8 Å². The molecule has 1 aliphatic carbocycles. The number of hydrogen-bond acceptors (Lipinski definition) is 4. The molecule has 2 aromatic rings. The zero-order valence-corrected chi connectivity index (χ0v) is 15.2. The lowest BCUT2D eigenvalue weighted by molar-refractivity contribution is 0.121. The first-order chi connectivity index (χ1) is 12.8. The Bertz CT molecular complexity index is 700. The molecule has 2 amide bonds. The van der Waals surface area contributed by atoms with Crippen molar-refractivity contribution < 1.29 is 13.9 Å². The third kappa shape index (κ3) is 4.36. The SMILES string of the molecule is O=C(NCCCOCC1CC1)N1CCC(c2nc3ccccc3o2)CC1. The summed E-state index contributed by atoms with van der Waals surface area (Å²) in [5.74, 6) is 1.90. The van der Waals surface area contributed by atoms with E-state index in [0.29, 0.717) is 12.5 Å². The average Bonchev–Trinajstić information content (AvgIpc) is 3.40. The third-order valence-electron chi connectivity index (χ3n) is 5.23. The molecule has 1 saturated carbocycles. The van der Waals surface area contributed by atoms with Gasteiger partial charge in [-0.25, -0.2) is 9.78 Å². The predicted molar refractivity (Wildman–Crippen MR) is 99.1 cm³/mol. The van der Waals surface area contributed by atoms with E-state index in [1.54, 1.807) is 0 Å². The van der Waals surface area contributed by atoms with E-state index in [1.165, 1.54) is 12.8 Å². The van der Waals surface area contributed by atoms with Crippen LogP contribution in [0.15, 0.2) is 28.7 Å². The number of para-hydroxylation sites is 2. The van der Waals surface area contributed by atoms with E-state index in [9.17, 15) is 4.79 Å². The fraction of sp³-hybridized carbons (Fsp3) is 0.600. The van der Waals surface area contributed by atoms with Crippen molar-refractivity contribution in [3.05, 3.63) is 30.2 Å². The zero-order valence-electron chi connectivity index (χ0n) is 15.2. The first-order valence-electron chi connectivity index (χ1n) is 9.75. The maximum atomic E-state index is 12.3. The van der Waals surface area contributed by atoms with Gasteiger partial charge in [0, 0.05) is 38.8 Å². The molecule has 140 valence electrons. The lowest BCUT2D eigenvalue weighted by atomic mass is 9.97. The fourth-order valence-electron chi connectivity index (χ4n) is 3.41. The third-order valence-corrected chi connectivity index (χ3v) is 5.23. The summed E-state index contributed by atoms with van der Waals surface area (Å²) in [7, 11) is 0. The Morgan fingerprint density at radius 1 is 1.23 bits per heavy atom. The van der Waals surface area contributed by atoms with Gasteiger partial charge in [0.25, 0.3) is 0 Å². The molecule has 0 bridgehead atoms. The van der Waals surface area contributed by atoms with Gasteiger partial charge in [-0.3, -0.25) is 0 Å². The standard InChI is InChI=1S/C20H27N3O3/c24-20(21-10-3-13-25-14-15-6-7-15)23-11-8-16(9-12-23)19-22-17-4-1-2-5-18(17)26-19/h1-2,4-5,15-16H,3,6-14H2,(H,21,24). The van der Waals surface area contributed by atoms with E-state index in [-0.39, 0.29) is 6.03 Å². The van der Waals surface area contributed by atoms with Crippen molar-refractivity contribution in [1.82, 2.24) is 15.2 Å². The second-order valence-corrected chi connectivity index (χ2v) is 7.38. The molecule has 1 N–H and O–H groups in total. The van der Waals surface area contributed by atoms with Crippen molar-refractivity contribution >= 4 is 17.1 Å². The highest BCUT2D eigenvalue weighted by atomic mass is 16.5. The van der Waals surface area contributed by atoms with Crippen molar-refractivity contribution in [1.29, 1.82) is 0 Å². The molecule has 1 saturated heterocycles. The number of nitrogens with one attached hydrogen (secondary N) is 1. The molecule has 1 aliphatic heterocycles. The number of benzene rings is 1. The topological polar surface area (TPSA) is 67.6 Å². The first kappa shape index (κ1) is 17.3. The van der Waals surface area contributed by atoms with Gasteiger partial charge in [0.05, 0.1) is 0 Å². The number of carbonyl (C=O) groups is 1. The molecule has 0 spiro atoms. The van der Waals surface area contributed by atoms with Crippen molar-refractivity contribution in [3.8, 4) is 0 Å². The van der Waals surface area contributed by atoms with Crippen LogP contribution in [0.1, 0.15) is 43.9 Å². The van der Waals surface area contributed by atoms with Gasteiger partial charge in [0.1, 0.15) is 5.52 Å². The van der Waals surface area contributed by atoms with E-state index in [4.69, 9.17) is 9.15 Å². The number of carbonyl (C=O) groups excluding carboxylic acids is 1. The summed E-state index contributed by atoms with van der Waals surface area (Å²) in [5, 5.41) is 3.00. The second-order valence-electron chi connectivity index (χ2n) is 7.38. The van der Waals surface area contributed by atoms with Gasteiger partial charge in [0.2, 0.25) is 0 Å². The zero-order chi connectivity index (χ0) is 17.8. The number of amides is 2. The fourth-order valence-corrected chi connectivity index (χ4v) is 3.41. The maximum Gasteiger partial charge on any atom is 0.317 e. The van der Waals surface area contributed by atoms with Crippen LogP contribution >= 0.6 is 0 Å². The van der Waals surface area contributed by atoms with Crippen LogP contribution in [-0.2, 0) is 4.74 Å². The Kier molecular flexibility index (Phi) is 5.39. The lowest BCUT2D eigenvalue weighted by Gasteiger charge is -2.30. The number of piperidine rings is 1. The normalized spacial score (nSPS) is 18.4. The molecule has 4 rings (SSSR count). The molecule has 6 nitrogen and oxygen atoms in total. The van der Waals surface area contributed by atoms with Crippen molar-refractivity contribution in [2.24, 2.45) is 5.92 Å². The minimum atomic E-state index is 0.0307. The molecule has 2 aliphatic rings. The second kappa shape index (κ2) is 8.08. The molecule has 6 heteroatoms. The molecule has 1 aromatic heterocycles. The molecule has 1 aromatic carbocycles. The van der Waals surface area contributed by atoms with Crippen LogP contribution in [0.4, 0.5) is 4.79 Å². The van der Waals surface area contributed by atoms with E-state index in [2.05, 4.69) is 10.3 Å². The monoisotopic (exact) mass is 357 g/mol. The van der Waals surface area contributed by atoms with Gasteiger partial charge in [-0.1, -0.05) is 12.1 Å². The van der Waals surface area contributed by atoms with E-state index in [0.717, 1.165) is 68.5 Å². The summed E-state index contributed by atoms with van der Waals surface area (Å²) in [6.07, 6.45) is 5.29. The summed E-state index contributed by atoms with van der Waals surface area (Å²) in [6, 6.07) is 7.88. The van der Waals surface area contributed by atoms with Crippen molar-refractivity contribution in [2.45, 2.75) is 38.0 Å². The highest BCUT2D eigenvalue weighted by molar-refractivity contribution is 5.74. The minimum Gasteiger partial charge on any atom is -0.440 e. The number of likely N-dealkylation sites (tertiary alicyclic amines) is 1. The quantitative estimate of drug-likeness (QED) is 0.770. The Morgan fingerprint density at radius 2 is 2.04 bits per heavy atom. The number of rotatable bonds is 7. The Labute approximate surface area is 153 Å².